The van der Waals surface area contributed by atoms with Gasteiger partial charge >= 0.3 is 0 Å². The fourth-order valence-electron chi connectivity index (χ4n) is 2.71. The van der Waals surface area contributed by atoms with Gasteiger partial charge in [-0.05, 0) is 37.6 Å². The zero-order chi connectivity index (χ0) is 12.8. The monoisotopic (exact) mass is 238 g/mol. The van der Waals surface area contributed by atoms with Crippen LogP contribution in [0.15, 0.2) is 0 Å². The molecule has 1 rings (SSSR count). The number of rotatable bonds is 5. The summed E-state index contributed by atoms with van der Waals surface area (Å²) in [5.74, 6) is 2.08. The molecule has 17 heavy (non-hydrogen) atoms. The predicted octanol–water partition coefficient (Wildman–Crippen LogP) is 2.58. The van der Waals surface area contributed by atoms with E-state index < -0.39 is 0 Å². The Morgan fingerprint density at radius 3 is 2.65 bits per heavy atom. The lowest BCUT2D eigenvalue weighted by Gasteiger charge is -2.37. The van der Waals surface area contributed by atoms with Crippen LogP contribution in [0.1, 0.15) is 40.0 Å². The van der Waals surface area contributed by atoms with Crippen molar-refractivity contribution in [3.63, 3.8) is 0 Å². The quantitative estimate of drug-likeness (QED) is 0.800. The third-order valence-corrected chi connectivity index (χ3v) is 3.94. The van der Waals surface area contributed by atoms with Gasteiger partial charge in [-0.25, -0.2) is 0 Å². The summed E-state index contributed by atoms with van der Waals surface area (Å²) in [6, 6.07) is 2.03. The van der Waals surface area contributed by atoms with E-state index in [1.807, 2.05) is 0 Å². The van der Waals surface area contributed by atoms with Gasteiger partial charge < -0.3 is 10.1 Å². The van der Waals surface area contributed by atoms with Crippen LogP contribution in [0.2, 0.25) is 0 Å². The van der Waals surface area contributed by atoms with E-state index in [9.17, 15) is 0 Å². The van der Waals surface area contributed by atoms with E-state index >= 15 is 0 Å². The van der Waals surface area contributed by atoms with Crippen LogP contribution >= 0.6 is 0 Å². The normalized spacial score (nSPS) is 31.2. The number of nitriles is 1. The Morgan fingerprint density at radius 2 is 2.12 bits per heavy atom. The molecule has 3 nitrogen and oxygen atoms in total. The number of nitrogens with one attached hydrogen (secondary N) is 1. The SMILES string of the molecule is CNC(C#N)COC1CC(C)CCC1C(C)C. The van der Waals surface area contributed by atoms with Crippen molar-refractivity contribution < 1.29 is 4.74 Å². The summed E-state index contributed by atoms with van der Waals surface area (Å²) in [6.07, 6.45) is 4.06. The molecule has 1 aliphatic carbocycles. The molecule has 0 heterocycles. The summed E-state index contributed by atoms with van der Waals surface area (Å²) >= 11 is 0. The van der Waals surface area contributed by atoms with E-state index in [-0.39, 0.29) is 6.04 Å². The molecular formula is C14H26N2O. The van der Waals surface area contributed by atoms with Crippen molar-refractivity contribution in [3.05, 3.63) is 0 Å². The molecule has 0 saturated heterocycles. The van der Waals surface area contributed by atoms with Crippen LogP contribution in [0.3, 0.4) is 0 Å². The summed E-state index contributed by atoms with van der Waals surface area (Å²) in [4.78, 5) is 0. The molecule has 0 bridgehead atoms. The second kappa shape index (κ2) is 6.98. The maximum Gasteiger partial charge on any atom is 0.119 e. The zero-order valence-corrected chi connectivity index (χ0v) is 11.6. The third kappa shape index (κ3) is 4.29. The lowest BCUT2D eigenvalue weighted by Crippen LogP contribution is -2.38. The summed E-state index contributed by atoms with van der Waals surface area (Å²) in [5.41, 5.74) is 0. The number of hydrogen-bond donors (Lipinski definition) is 1. The Morgan fingerprint density at radius 1 is 1.41 bits per heavy atom. The molecule has 0 radical (unpaired) electrons. The molecule has 98 valence electrons. The first-order valence-corrected chi connectivity index (χ1v) is 6.77. The Bertz CT molecular complexity index is 259. The molecule has 0 aromatic rings. The zero-order valence-electron chi connectivity index (χ0n) is 11.6. The summed E-state index contributed by atoms with van der Waals surface area (Å²) in [7, 11) is 1.81. The van der Waals surface area contributed by atoms with E-state index in [2.05, 4.69) is 32.2 Å². The van der Waals surface area contributed by atoms with Gasteiger partial charge in [0.15, 0.2) is 0 Å². The lowest BCUT2D eigenvalue weighted by atomic mass is 9.75. The van der Waals surface area contributed by atoms with Crippen LogP contribution in [-0.2, 0) is 4.74 Å². The average molecular weight is 238 g/mol. The minimum Gasteiger partial charge on any atom is -0.375 e. The molecule has 0 aliphatic heterocycles. The standard InChI is InChI=1S/C14H26N2O/c1-10(2)13-6-5-11(3)7-14(13)17-9-12(8-15)16-4/h10-14,16H,5-7,9H2,1-4H3. The highest BCUT2D eigenvalue weighted by Gasteiger charge is 2.31. The summed E-state index contributed by atoms with van der Waals surface area (Å²) in [5, 5.41) is 11.9. The molecule has 3 heteroatoms. The minimum absolute atomic E-state index is 0.181. The molecule has 0 spiro atoms. The van der Waals surface area contributed by atoms with E-state index in [1.54, 1.807) is 7.05 Å². The third-order valence-electron chi connectivity index (χ3n) is 3.94. The van der Waals surface area contributed by atoms with Crippen molar-refractivity contribution in [2.75, 3.05) is 13.7 Å². The van der Waals surface area contributed by atoms with Crippen molar-refractivity contribution in [1.82, 2.24) is 5.32 Å². The van der Waals surface area contributed by atoms with Gasteiger partial charge in [0.05, 0.1) is 18.8 Å². The first-order chi connectivity index (χ1) is 8.08. The number of nitrogens with zero attached hydrogens (tertiary/aromatic N) is 1. The molecule has 1 aliphatic rings. The molecule has 1 saturated carbocycles. The van der Waals surface area contributed by atoms with Crippen molar-refractivity contribution in [2.24, 2.45) is 17.8 Å². The minimum atomic E-state index is -0.181. The van der Waals surface area contributed by atoms with Gasteiger partial charge in [-0.2, -0.15) is 5.26 Å². The molecule has 4 unspecified atom stereocenters. The highest BCUT2D eigenvalue weighted by Crippen LogP contribution is 2.35. The van der Waals surface area contributed by atoms with Crippen LogP contribution < -0.4 is 5.32 Å². The molecule has 4 atom stereocenters. The van der Waals surface area contributed by atoms with Crippen LogP contribution in [0.5, 0.6) is 0 Å². The van der Waals surface area contributed by atoms with E-state index in [4.69, 9.17) is 10.00 Å². The van der Waals surface area contributed by atoms with E-state index in [1.165, 1.54) is 12.8 Å². The van der Waals surface area contributed by atoms with E-state index in [0.29, 0.717) is 24.5 Å². The number of likely N-dealkylation sites (N-methyl/N-ethyl adjacent to an activating group) is 1. The van der Waals surface area contributed by atoms with Crippen molar-refractivity contribution >= 4 is 0 Å². The maximum atomic E-state index is 8.89. The van der Waals surface area contributed by atoms with Crippen molar-refractivity contribution in [1.29, 1.82) is 5.26 Å². The fourth-order valence-corrected chi connectivity index (χ4v) is 2.71. The van der Waals surface area contributed by atoms with Crippen LogP contribution in [0.25, 0.3) is 0 Å². The van der Waals surface area contributed by atoms with Gasteiger partial charge in [0, 0.05) is 0 Å². The second-order valence-electron chi connectivity index (χ2n) is 5.67. The topological polar surface area (TPSA) is 45.0 Å². The molecule has 0 aromatic carbocycles. The smallest absolute Gasteiger partial charge is 0.119 e. The molecular weight excluding hydrogens is 212 g/mol. The Kier molecular flexibility index (Phi) is 5.94. The van der Waals surface area contributed by atoms with Gasteiger partial charge in [-0.3, -0.25) is 0 Å². The van der Waals surface area contributed by atoms with Crippen LogP contribution in [0.4, 0.5) is 0 Å². The molecule has 1 N–H and O–H groups in total. The van der Waals surface area contributed by atoms with Crippen LogP contribution in [0, 0.1) is 29.1 Å². The second-order valence-corrected chi connectivity index (χ2v) is 5.67. The van der Waals surface area contributed by atoms with Crippen molar-refractivity contribution in [3.8, 4) is 6.07 Å². The van der Waals surface area contributed by atoms with Gasteiger partial charge in [0.2, 0.25) is 0 Å². The molecule has 0 aromatic heterocycles. The van der Waals surface area contributed by atoms with Gasteiger partial charge in [0.25, 0.3) is 0 Å². The Labute approximate surface area is 106 Å². The van der Waals surface area contributed by atoms with Gasteiger partial charge in [-0.15, -0.1) is 0 Å². The largest absolute Gasteiger partial charge is 0.375 e. The highest BCUT2D eigenvalue weighted by molar-refractivity contribution is 4.89. The molecule has 0 amide bonds. The highest BCUT2D eigenvalue weighted by atomic mass is 16.5. The van der Waals surface area contributed by atoms with E-state index in [0.717, 1.165) is 12.3 Å². The number of hydrogen-bond acceptors (Lipinski definition) is 3. The van der Waals surface area contributed by atoms with Crippen molar-refractivity contribution in [2.45, 2.75) is 52.2 Å². The summed E-state index contributed by atoms with van der Waals surface area (Å²) in [6.45, 7) is 7.36. The lowest BCUT2D eigenvalue weighted by molar-refractivity contribution is -0.0411. The average Bonchev–Trinajstić information content (AvgIpc) is 2.30. The molecule has 1 fully saturated rings. The number of ether oxygens (including phenoxy) is 1. The Balaban J connectivity index is 2.49. The van der Waals surface area contributed by atoms with Gasteiger partial charge in [0.1, 0.15) is 6.04 Å². The predicted molar refractivity (Wildman–Crippen MR) is 69.5 cm³/mol. The Hall–Kier alpha value is -0.590. The first kappa shape index (κ1) is 14.5. The van der Waals surface area contributed by atoms with Crippen LogP contribution in [-0.4, -0.2) is 25.8 Å². The first-order valence-electron chi connectivity index (χ1n) is 6.77. The maximum absolute atomic E-state index is 8.89. The fraction of sp³-hybridized carbons (Fsp3) is 0.929. The summed E-state index contributed by atoms with van der Waals surface area (Å²) < 4.78 is 5.99. The van der Waals surface area contributed by atoms with Gasteiger partial charge in [-0.1, -0.05) is 27.2 Å².